The molecule has 4 radical (unpaired) electrons. The van der Waals surface area contributed by atoms with Gasteiger partial charge in [-0.3, -0.25) is 47.5 Å². The zero-order valence-corrected chi connectivity index (χ0v) is 76.7. The number of pyridine rings is 9. The molecule has 0 aliphatic carbocycles. The van der Waals surface area contributed by atoms with Gasteiger partial charge in [-0.25, -0.2) is 34.3 Å². The number of hydrogen-bond acceptors (Lipinski definition) is 18. The maximum absolute atomic E-state index is 13.5. The molecule has 0 bridgehead atoms. The van der Waals surface area contributed by atoms with Crippen molar-refractivity contribution in [1.82, 2.24) is 54.8 Å². The fraction of sp³-hybridized carbons (Fsp3) is 0.0220. The number of benzene rings is 6. The summed E-state index contributed by atoms with van der Waals surface area (Å²) < 4.78 is 100.0. The molecule has 34 heteroatoms. The van der Waals surface area contributed by atoms with E-state index < -0.39 is 52.8 Å². The van der Waals surface area contributed by atoms with E-state index in [2.05, 4.69) is 91.9 Å². The third-order valence-corrected chi connectivity index (χ3v) is 14.3. The van der Waals surface area contributed by atoms with Crippen molar-refractivity contribution in [1.29, 1.82) is 0 Å². The zero-order chi connectivity index (χ0) is 87.9. The predicted molar refractivity (Wildman–Crippen MR) is 433 cm³/mol. The molecule has 21 nitrogen and oxygen atoms in total. The van der Waals surface area contributed by atoms with Gasteiger partial charge in [0.1, 0.15) is 17.1 Å². The molecule has 5 N–H and O–H groups in total. The smallest absolute Gasteiger partial charge is 0.0160 e. The molecule has 650 valence electrons. The van der Waals surface area contributed by atoms with Crippen LogP contribution in [0.25, 0.3) is 67.5 Å². The minimum atomic E-state index is -1.05. The van der Waals surface area contributed by atoms with Gasteiger partial charge in [-0.15, -0.1) is 102 Å². The van der Waals surface area contributed by atoms with Crippen molar-refractivity contribution in [3.8, 4) is 79.2 Å². The molecule has 0 fully saturated rings. The number of halogens is 8. The Kier molecular flexibility index (Phi) is 56.1. The molecular formula is C91H67F8Ir5N12O9-4. The molecule has 0 amide bonds. The minimum absolute atomic E-state index is 0. The van der Waals surface area contributed by atoms with Crippen LogP contribution in [0.5, 0.6) is 11.6 Å². The van der Waals surface area contributed by atoms with Gasteiger partial charge in [0, 0.05) is 221 Å². The van der Waals surface area contributed by atoms with Crippen LogP contribution in [0.4, 0.5) is 39.7 Å². The van der Waals surface area contributed by atoms with Crippen LogP contribution < -0.4 is 4.90 Å². The molecule has 0 saturated heterocycles. The number of carbonyl (C=O) groups excluding carboxylic acids is 1. The first-order chi connectivity index (χ1) is 58.6. The van der Waals surface area contributed by atoms with E-state index in [1.807, 2.05) is 116 Å². The largest absolute Gasteiger partial charge is 0.305 e. The van der Waals surface area contributed by atoms with Crippen molar-refractivity contribution in [3.05, 3.63) is 423 Å². The first-order valence-electron chi connectivity index (χ1n) is 34.6. The van der Waals surface area contributed by atoms with Gasteiger partial charge in [-0.05, 0) is 113 Å². The van der Waals surface area contributed by atoms with Gasteiger partial charge in [-0.1, -0.05) is 126 Å². The minimum Gasteiger partial charge on any atom is -0.305 e. The van der Waals surface area contributed by atoms with Crippen LogP contribution in [0.3, 0.4) is 0 Å². The predicted octanol–water partition coefficient (Wildman–Crippen LogP) is 18.9. The molecule has 10 aromatic heterocycles. The summed E-state index contributed by atoms with van der Waals surface area (Å²) >= 11 is 0.500. The summed E-state index contributed by atoms with van der Waals surface area (Å²) in [5.41, 5.74) is 8.10. The topological polar surface area (TPSA) is 314 Å². The average Bonchev–Trinajstić information content (AvgIpc) is 0.853. The molecule has 0 atom stereocenters. The Labute approximate surface area is 778 Å². The van der Waals surface area contributed by atoms with E-state index in [1.54, 1.807) is 134 Å². The van der Waals surface area contributed by atoms with Crippen LogP contribution in [0, 0.1) is 71.1 Å². The normalized spacial score (nSPS) is 9.14. The van der Waals surface area contributed by atoms with Gasteiger partial charge < -0.3 is 60.1 Å². The second-order valence-corrected chi connectivity index (χ2v) is 22.8. The summed E-state index contributed by atoms with van der Waals surface area (Å²) in [5.74, 6) is -6.85. The number of rotatable bonds is 10. The SMILES string of the molecule is CN(C)c1ccnc(-c2[c-]cc(F)cc2F)c1.Fc1c[c-]c(-c2ccccn2)c(F)c1.Fc1c[c-]c(-c2ccccn2)c(F)c1.Fc1c[c-]c(-c2ccccn2)cc1.O=C(O)c1ccccn1.O=C(O)c1ccccn1.O=C(O)c1cnccn1.Oc1ccccc1-c1ccccn1.Oc1ccccn1.[CH-]=O.[F][Ir+2].[Ir].[Ir].[Ir].[Ir].[c-]1ccccc1-c1ccccn1. The Morgan fingerprint density at radius 1 is 0.336 bits per heavy atom. The van der Waals surface area contributed by atoms with Gasteiger partial charge in [0.15, 0.2) is 5.69 Å². The van der Waals surface area contributed by atoms with Crippen LogP contribution in [-0.2, 0) is 105 Å². The summed E-state index contributed by atoms with van der Waals surface area (Å²) in [7, 11) is 3.76. The first-order valence-corrected chi connectivity index (χ1v) is 35.5. The standard InChI is InChI=1S/C13H11F2N2.2C11H6F2N.C11H7FN.C11H9NO.C11H8N.2C6H5NO2.C5H4N2O2.C5H5NO.CHO.FH.5Ir/c1-17(2)10-5-6-16-13(8-10)11-4-3-9(14)7-12(11)15;2*12-8-4-5-9(10(13)7-8)11-3-1-2-6-14-11;12-10-6-4-9(5-7-10)11-3-1-2-8-13-11;13-11-7-2-1-5-9(11)10-6-3-4-8-12-10;1-2-6-10(7-3-1)11-8-4-5-9-12-11;2*8-6(9)5-3-1-2-4-7-5;8-5(9)4-3-6-1-2-7-4;7-5-3-1-2-4-6-5;1-2;;;;;;/h3,5-8H,1-2H3;2*1-4,6-7H;1-4,6-8H;1-8,13H;1-6,8-9H;2*1-4H,(H,8,9);1-3H,(H,8,9);1-4H,(H,6,7);1H;1H;;;;;/q4*-1;;-1;;;;;-1;;;;;;+3/p-1. The average molecular weight is 2590 g/mol. The van der Waals surface area contributed by atoms with E-state index in [4.69, 9.17) is 25.2 Å². The number of carbonyl (C=O) groups is 3. The Morgan fingerprint density at radius 2 is 0.696 bits per heavy atom. The van der Waals surface area contributed by atoms with Gasteiger partial charge in [0.2, 0.25) is 5.88 Å². The number of anilines is 1. The second kappa shape index (κ2) is 63.8. The van der Waals surface area contributed by atoms with Crippen molar-refractivity contribution in [2.75, 3.05) is 19.0 Å². The number of phenols is 1. The summed E-state index contributed by atoms with van der Waals surface area (Å²) in [6.45, 7) is 3.25. The monoisotopic (exact) mass is 2590 g/mol. The van der Waals surface area contributed by atoms with Crippen molar-refractivity contribution in [3.63, 3.8) is 0 Å². The maximum Gasteiger partial charge on any atom is 0.0160 e. The zero-order valence-electron chi connectivity index (χ0n) is 64.8. The summed E-state index contributed by atoms with van der Waals surface area (Å²) in [6.07, 6.45) is 18.3. The Hall–Kier alpha value is -13.1. The number of carboxylic acids is 3. The fourth-order valence-corrected chi connectivity index (χ4v) is 8.90. The molecular weight excluding hydrogens is 2520 g/mol. The number of para-hydroxylation sites is 1. The van der Waals surface area contributed by atoms with Crippen molar-refractivity contribution in [2.45, 2.75) is 0 Å². The Morgan fingerprint density at radius 3 is 1.01 bits per heavy atom. The molecule has 0 aliphatic heterocycles. The van der Waals surface area contributed by atoms with E-state index in [9.17, 15) is 53.5 Å². The second-order valence-electron chi connectivity index (χ2n) is 22.8. The van der Waals surface area contributed by atoms with Gasteiger partial charge in [0.25, 0.3) is 0 Å². The number of aromatic hydroxyl groups is 2. The molecule has 16 aromatic rings. The fourth-order valence-electron chi connectivity index (χ4n) is 8.90. The summed E-state index contributed by atoms with van der Waals surface area (Å²) in [5, 5.41) is 43.0. The Balaban J connectivity index is 0.000000694. The quantitative estimate of drug-likeness (QED) is 0.0482. The summed E-state index contributed by atoms with van der Waals surface area (Å²) in [6, 6.07) is 84.0. The number of nitrogens with zero attached hydrogens (tertiary/aromatic N) is 12. The van der Waals surface area contributed by atoms with Crippen LogP contribution in [0.15, 0.2) is 335 Å². The molecule has 16 rings (SSSR count). The molecule has 6 aromatic carbocycles. The van der Waals surface area contributed by atoms with E-state index >= 15 is 0 Å². The van der Waals surface area contributed by atoms with Gasteiger partial charge in [-0.2, -0.15) is 0 Å². The van der Waals surface area contributed by atoms with Crippen molar-refractivity contribution < 1.29 is 179 Å². The molecule has 10 heterocycles. The number of aromatic carboxylic acids is 3. The van der Waals surface area contributed by atoms with Crippen LogP contribution in [0.2, 0.25) is 0 Å². The molecule has 0 unspecified atom stereocenters. The number of carboxylic acid groups (broad SMARTS) is 3. The van der Waals surface area contributed by atoms with E-state index in [0.717, 1.165) is 75.9 Å². The number of phenolic OH excluding ortho intramolecular Hbond substituents is 1. The molecule has 0 aliphatic rings. The van der Waals surface area contributed by atoms with Gasteiger partial charge >= 0.3 is 40.6 Å². The third-order valence-electron chi connectivity index (χ3n) is 14.3. The van der Waals surface area contributed by atoms with Crippen LogP contribution in [-0.4, -0.2) is 119 Å². The third kappa shape index (κ3) is 42.0. The molecule has 0 spiro atoms. The van der Waals surface area contributed by atoms with Crippen LogP contribution >= 0.6 is 0 Å². The first kappa shape index (κ1) is 110. The van der Waals surface area contributed by atoms with E-state index in [-0.39, 0.29) is 132 Å². The maximum atomic E-state index is 13.5. The Bertz CT molecular complexity index is 5410. The van der Waals surface area contributed by atoms with E-state index in [1.165, 1.54) is 67.5 Å². The van der Waals surface area contributed by atoms with Crippen LogP contribution in [0.1, 0.15) is 31.5 Å². The van der Waals surface area contributed by atoms with Gasteiger partial charge in [0.05, 0.1) is 11.9 Å². The van der Waals surface area contributed by atoms with Crippen molar-refractivity contribution >= 4 is 30.4 Å². The number of hydrogen-bond donors (Lipinski definition) is 5. The summed E-state index contributed by atoms with van der Waals surface area (Å²) in [4.78, 5) is 82.2. The molecule has 0 saturated carbocycles. The number of aromatic nitrogens is 11. The van der Waals surface area contributed by atoms with Crippen molar-refractivity contribution in [2.24, 2.45) is 0 Å². The molecule has 125 heavy (non-hydrogen) atoms. The van der Waals surface area contributed by atoms with E-state index in [0.29, 0.717) is 36.5 Å².